The van der Waals surface area contributed by atoms with Gasteiger partial charge in [-0.3, -0.25) is 32.1 Å². The van der Waals surface area contributed by atoms with Crippen LogP contribution < -0.4 is 13.8 Å². The topological polar surface area (TPSA) is 231 Å². The highest BCUT2D eigenvalue weighted by Gasteiger charge is 2.27. The lowest BCUT2D eigenvalue weighted by molar-refractivity contribution is 0.281. The summed E-state index contributed by atoms with van der Waals surface area (Å²) in [6.07, 6.45) is 0. The van der Waals surface area contributed by atoms with Gasteiger partial charge in [-0.2, -0.15) is 0 Å². The van der Waals surface area contributed by atoms with E-state index in [1.165, 1.54) is 0 Å². The number of hydrogen-bond donors (Lipinski definition) is 9. The largest absolute Gasteiger partial charge is 0.508 e. The second-order valence-corrected chi connectivity index (χ2v) is 7.92. The molecule has 0 aliphatic rings. The molecule has 0 saturated heterocycles. The molecule has 0 radical (unpaired) electrons. The molecule has 0 atom stereocenters. The SMILES string of the molecule is O=c1c(OS(O)(O)O)c(-c2ccc(O)c(OS(O)(O)O)c2)oc2cc(O)cc(O)c12. The summed E-state index contributed by atoms with van der Waals surface area (Å²) in [4.78, 5) is 12.8. The molecule has 2 aromatic carbocycles. The molecule has 0 unspecified atom stereocenters. The Labute approximate surface area is 169 Å². The van der Waals surface area contributed by atoms with Crippen LogP contribution in [0.15, 0.2) is 39.5 Å². The van der Waals surface area contributed by atoms with E-state index in [0.717, 1.165) is 30.3 Å². The molecule has 3 aromatic rings. The first-order valence-electron chi connectivity index (χ1n) is 7.51. The van der Waals surface area contributed by atoms with E-state index in [-0.39, 0.29) is 11.1 Å². The van der Waals surface area contributed by atoms with Gasteiger partial charge in [-0.05, 0) is 18.2 Å². The molecule has 30 heavy (non-hydrogen) atoms. The molecule has 0 bridgehead atoms. The quantitative estimate of drug-likeness (QED) is 0.262. The van der Waals surface area contributed by atoms with E-state index in [0.29, 0.717) is 0 Å². The van der Waals surface area contributed by atoms with E-state index in [1.54, 1.807) is 0 Å². The molecule has 0 saturated carbocycles. The summed E-state index contributed by atoms with van der Waals surface area (Å²) in [6.45, 7) is 0. The van der Waals surface area contributed by atoms with Crippen molar-refractivity contribution in [2.24, 2.45) is 0 Å². The van der Waals surface area contributed by atoms with Crippen molar-refractivity contribution in [1.29, 1.82) is 0 Å². The van der Waals surface area contributed by atoms with Crippen molar-refractivity contribution < 1.29 is 55.4 Å². The lowest BCUT2D eigenvalue weighted by Gasteiger charge is -2.21. The average Bonchev–Trinajstić information content (AvgIpc) is 2.56. The summed E-state index contributed by atoms with van der Waals surface area (Å²) in [7, 11) is 0. The van der Waals surface area contributed by atoms with Crippen molar-refractivity contribution in [1.82, 2.24) is 0 Å². The number of fused-ring (bicyclic) bond motifs is 1. The lowest BCUT2D eigenvalue weighted by Crippen LogP contribution is -2.13. The van der Waals surface area contributed by atoms with Crippen molar-refractivity contribution in [2.45, 2.75) is 0 Å². The number of hydrogen-bond acceptors (Lipinski definition) is 13. The normalized spacial score (nSPS) is 13.3. The molecule has 0 spiro atoms. The maximum atomic E-state index is 12.8. The van der Waals surface area contributed by atoms with E-state index in [4.69, 9.17) is 18.1 Å². The van der Waals surface area contributed by atoms with Crippen molar-refractivity contribution in [2.75, 3.05) is 0 Å². The van der Waals surface area contributed by atoms with Gasteiger partial charge >= 0.3 is 0 Å². The average molecular weight is 466 g/mol. The molecular weight excluding hydrogens is 452 g/mol. The highest BCUT2D eigenvalue weighted by Crippen LogP contribution is 2.45. The van der Waals surface area contributed by atoms with Gasteiger partial charge < -0.3 is 28.1 Å². The standard InChI is InChI=1S/C15H14O13S2/c16-7-4-9(18)12-11(5-7)26-14(15(13(12)19)28-30(23,24)25)6-1-2-8(17)10(3-6)27-29(20,21)22/h1-5,16-18,20-25H. The first kappa shape index (κ1) is 21.8. The maximum Gasteiger partial charge on any atom is 0.266 e. The summed E-state index contributed by atoms with van der Waals surface area (Å²) < 4.78 is 69.1. The molecule has 9 N–H and O–H groups in total. The molecule has 13 nitrogen and oxygen atoms in total. The van der Waals surface area contributed by atoms with E-state index in [9.17, 15) is 33.8 Å². The van der Waals surface area contributed by atoms with Crippen LogP contribution in [0.4, 0.5) is 0 Å². The molecule has 0 aliphatic carbocycles. The predicted molar refractivity (Wildman–Crippen MR) is 105 cm³/mol. The molecular formula is C15H14O13S2. The third-order valence-electron chi connectivity index (χ3n) is 3.54. The smallest absolute Gasteiger partial charge is 0.266 e. The lowest BCUT2D eigenvalue weighted by atomic mass is 10.1. The van der Waals surface area contributed by atoms with Gasteiger partial charge in [0.1, 0.15) is 22.5 Å². The first-order chi connectivity index (χ1) is 13.7. The van der Waals surface area contributed by atoms with E-state index >= 15 is 0 Å². The zero-order valence-corrected chi connectivity index (χ0v) is 16.0. The van der Waals surface area contributed by atoms with E-state index < -0.39 is 67.6 Å². The van der Waals surface area contributed by atoms with Crippen LogP contribution in [0.3, 0.4) is 0 Å². The summed E-state index contributed by atoms with van der Waals surface area (Å²) >= 11 is -9.31. The van der Waals surface area contributed by atoms with Crippen LogP contribution in [0.5, 0.6) is 28.7 Å². The molecule has 164 valence electrons. The predicted octanol–water partition coefficient (Wildman–Crippen LogP) is 3.61. The van der Waals surface area contributed by atoms with Gasteiger partial charge in [-0.25, -0.2) is 0 Å². The number of aromatic hydroxyl groups is 3. The van der Waals surface area contributed by atoms with Crippen LogP contribution in [0.1, 0.15) is 0 Å². The monoisotopic (exact) mass is 466 g/mol. The van der Waals surface area contributed by atoms with Crippen LogP contribution in [0.2, 0.25) is 0 Å². The van der Waals surface area contributed by atoms with Crippen LogP contribution in [-0.2, 0) is 0 Å². The molecule has 3 rings (SSSR count). The number of benzene rings is 2. The minimum absolute atomic E-state index is 0.216. The highest BCUT2D eigenvalue weighted by molar-refractivity contribution is 8.15. The third-order valence-corrected chi connectivity index (χ3v) is 4.33. The number of phenolic OH excluding ortho intramolecular Hbond substituents is 3. The van der Waals surface area contributed by atoms with Crippen LogP contribution in [0.25, 0.3) is 22.3 Å². The van der Waals surface area contributed by atoms with Crippen molar-refractivity contribution >= 4 is 33.3 Å². The fraction of sp³-hybridized carbons (Fsp3) is 0. The summed E-state index contributed by atoms with van der Waals surface area (Å²) in [5.74, 6) is -4.17. The maximum absolute atomic E-state index is 12.8. The van der Waals surface area contributed by atoms with Gasteiger partial charge in [0, 0.05) is 17.7 Å². The summed E-state index contributed by atoms with van der Waals surface area (Å²) in [6, 6.07) is 4.62. The third kappa shape index (κ3) is 4.64. The van der Waals surface area contributed by atoms with Crippen molar-refractivity contribution in [3.05, 3.63) is 40.6 Å². The summed E-state index contributed by atoms with van der Waals surface area (Å²) in [5, 5.41) is 28.8. The highest BCUT2D eigenvalue weighted by atomic mass is 32.3. The van der Waals surface area contributed by atoms with Gasteiger partial charge in [0.25, 0.3) is 22.3 Å². The molecule has 1 aromatic heterocycles. The number of phenols is 3. The second kappa shape index (κ2) is 7.42. The fourth-order valence-corrected chi connectivity index (χ4v) is 3.24. The van der Waals surface area contributed by atoms with Crippen molar-refractivity contribution in [3.8, 4) is 40.1 Å². The van der Waals surface area contributed by atoms with Crippen LogP contribution in [0, 0.1) is 0 Å². The van der Waals surface area contributed by atoms with Crippen molar-refractivity contribution in [3.63, 3.8) is 0 Å². The Morgan fingerprint density at radius 1 is 0.800 bits per heavy atom. The zero-order valence-electron chi connectivity index (χ0n) is 14.4. The molecule has 0 aliphatic heterocycles. The van der Waals surface area contributed by atoms with E-state index in [2.05, 4.69) is 8.37 Å². The molecule has 0 fully saturated rings. The van der Waals surface area contributed by atoms with Gasteiger partial charge in [0.2, 0.25) is 11.2 Å². The minimum Gasteiger partial charge on any atom is -0.508 e. The van der Waals surface area contributed by atoms with Gasteiger partial charge in [-0.1, -0.05) is 0 Å². The Balaban J connectivity index is 2.33. The summed E-state index contributed by atoms with van der Waals surface area (Å²) in [5.41, 5.74) is -1.78. The first-order valence-corrected chi connectivity index (χ1v) is 10.4. The van der Waals surface area contributed by atoms with Crippen LogP contribution >= 0.6 is 22.3 Å². The molecule has 1 heterocycles. The Hall–Kier alpha value is -2.89. The minimum atomic E-state index is -4.75. The van der Waals surface area contributed by atoms with Gasteiger partial charge in [0.15, 0.2) is 17.3 Å². The molecule has 15 heteroatoms. The Morgan fingerprint density at radius 2 is 1.43 bits per heavy atom. The molecule has 0 amide bonds. The second-order valence-electron chi connectivity index (χ2n) is 5.71. The van der Waals surface area contributed by atoms with Gasteiger partial charge in [0.05, 0.1) is 0 Å². The zero-order chi connectivity index (χ0) is 22.4. The Morgan fingerprint density at radius 3 is 2.03 bits per heavy atom. The van der Waals surface area contributed by atoms with E-state index in [1.807, 2.05) is 0 Å². The number of rotatable bonds is 5. The van der Waals surface area contributed by atoms with Gasteiger partial charge in [-0.15, -0.1) is 0 Å². The fourth-order valence-electron chi connectivity index (χ4n) is 2.49. The Kier molecular flexibility index (Phi) is 5.39. The Bertz CT molecular complexity index is 1180. The van der Waals surface area contributed by atoms with Crippen LogP contribution in [-0.4, -0.2) is 42.6 Å².